The van der Waals surface area contributed by atoms with Crippen molar-refractivity contribution in [1.29, 1.82) is 0 Å². The monoisotopic (exact) mass is 359 g/mol. The molecule has 1 atom stereocenters. The number of alkyl halides is 2. The molecule has 23 heavy (non-hydrogen) atoms. The van der Waals surface area contributed by atoms with Gasteiger partial charge in [0.25, 0.3) is 5.76 Å². The lowest BCUT2D eigenvalue weighted by Crippen LogP contribution is -2.24. The average molecular weight is 359 g/mol. The Bertz CT molecular complexity index is 663. The second-order valence-electron chi connectivity index (χ2n) is 5.19. The van der Waals surface area contributed by atoms with Crippen LogP contribution in [0.3, 0.4) is 0 Å². The van der Waals surface area contributed by atoms with Gasteiger partial charge < -0.3 is 9.73 Å². The van der Waals surface area contributed by atoms with Crippen LogP contribution in [0.1, 0.15) is 29.5 Å². The first-order valence-electron chi connectivity index (χ1n) is 7.25. The SMILES string of the molecule is Fc1ccc2c(c1)C(NCc1ccc(CSC(F)F)o1)CCS2. The van der Waals surface area contributed by atoms with Crippen molar-refractivity contribution >= 4 is 23.5 Å². The van der Waals surface area contributed by atoms with Crippen LogP contribution in [0.2, 0.25) is 0 Å². The van der Waals surface area contributed by atoms with Crippen molar-refractivity contribution in [2.45, 2.75) is 35.4 Å². The van der Waals surface area contributed by atoms with Crippen LogP contribution in [0.5, 0.6) is 0 Å². The number of furan rings is 1. The molecule has 0 amide bonds. The summed E-state index contributed by atoms with van der Waals surface area (Å²) >= 11 is 2.28. The Kier molecular flexibility index (Phi) is 5.61. The topological polar surface area (TPSA) is 25.2 Å². The number of rotatable bonds is 6. The molecule has 1 aromatic heterocycles. The summed E-state index contributed by atoms with van der Waals surface area (Å²) < 4.78 is 43.3. The highest BCUT2D eigenvalue weighted by Crippen LogP contribution is 2.36. The number of fused-ring (bicyclic) bond motifs is 1. The van der Waals surface area contributed by atoms with Gasteiger partial charge in [-0.25, -0.2) is 4.39 Å². The maximum Gasteiger partial charge on any atom is 0.284 e. The van der Waals surface area contributed by atoms with Gasteiger partial charge in [-0.3, -0.25) is 0 Å². The van der Waals surface area contributed by atoms with Gasteiger partial charge in [-0.05, 0) is 48.1 Å². The Morgan fingerprint density at radius 1 is 1.26 bits per heavy atom. The van der Waals surface area contributed by atoms with E-state index >= 15 is 0 Å². The van der Waals surface area contributed by atoms with Crippen LogP contribution < -0.4 is 5.32 Å². The van der Waals surface area contributed by atoms with E-state index in [1.165, 1.54) is 6.07 Å². The molecule has 0 radical (unpaired) electrons. The van der Waals surface area contributed by atoms with Gasteiger partial charge in [0.15, 0.2) is 0 Å². The van der Waals surface area contributed by atoms with Crippen LogP contribution in [0.25, 0.3) is 0 Å². The molecule has 1 N–H and O–H groups in total. The van der Waals surface area contributed by atoms with Gasteiger partial charge in [0, 0.05) is 10.9 Å². The van der Waals surface area contributed by atoms with Crippen molar-refractivity contribution in [3.8, 4) is 0 Å². The van der Waals surface area contributed by atoms with E-state index in [0.717, 1.165) is 22.6 Å². The molecule has 2 heterocycles. The smallest absolute Gasteiger partial charge is 0.284 e. The van der Waals surface area contributed by atoms with E-state index < -0.39 is 5.76 Å². The fourth-order valence-corrected chi connectivity index (χ4v) is 4.09. The Labute approximate surface area is 141 Å². The van der Waals surface area contributed by atoms with Gasteiger partial charge in [0.05, 0.1) is 12.3 Å². The van der Waals surface area contributed by atoms with Crippen LogP contribution in [0, 0.1) is 5.82 Å². The zero-order valence-electron chi connectivity index (χ0n) is 12.2. The van der Waals surface area contributed by atoms with Crippen molar-refractivity contribution in [2.24, 2.45) is 0 Å². The molecular weight excluding hydrogens is 343 g/mol. The maximum atomic E-state index is 13.5. The number of hydrogen-bond donors (Lipinski definition) is 1. The molecule has 1 aliphatic heterocycles. The Morgan fingerprint density at radius 2 is 2.09 bits per heavy atom. The minimum Gasteiger partial charge on any atom is -0.464 e. The molecule has 0 aliphatic carbocycles. The van der Waals surface area contributed by atoms with Gasteiger partial charge in [-0.1, -0.05) is 11.8 Å². The normalized spacial score (nSPS) is 17.5. The summed E-state index contributed by atoms with van der Waals surface area (Å²) in [5.74, 6) is -0.254. The third kappa shape index (κ3) is 4.49. The van der Waals surface area contributed by atoms with Crippen molar-refractivity contribution in [2.75, 3.05) is 5.75 Å². The lowest BCUT2D eigenvalue weighted by atomic mass is 10.0. The number of halogens is 3. The summed E-state index contributed by atoms with van der Waals surface area (Å²) in [4.78, 5) is 1.10. The van der Waals surface area contributed by atoms with E-state index in [4.69, 9.17) is 4.42 Å². The molecule has 0 saturated heterocycles. The van der Waals surface area contributed by atoms with Gasteiger partial charge in [-0.2, -0.15) is 8.78 Å². The Morgan fingerprint density at radius 3 is 2.91 bits per heavy atom. The third-order valence-electron chi connectivity index (χ3n) is 3.60. The maximum absolute atomic E-state index is 13.5. The number of nitrogens with one attached hydrogen (secondary N) is 1. The van der Waals surface area contributed by atoms with Crippen LogP contribution in [-0.4, -0.2) is 11.5 Å². The van der Waals surface area contributed by atoms with E-state index in [0.29, 0.717) is 29.8 Å². The van der Waals surface area contributed by atoms with E-state index in [9.17, 15) is 13.2 Å². The fourth-order valence-electron chi connectivity index (χ4n) is 2.54. The minimum atomic E-state index is -2.40. The first-order valence-corrected chi connectivity index (χ1v) is 9.28. The first kappa shape index (κ1) is 16.8. The fraction of sp³-hybridized carbons (Fsp3) is 0.375. The van der Waals surface area contributed by atoms with Crippen molar-refractivity contribution < 1.29 is 17.6 Å². The van der Waals surface area contributed by atoms with Gasteiger partial charge in [0.2, 0.25) is 0 Å². The van der Waals surface area contributed by atoms with Crippen molar-refractivity contribution in [1.82, 2.24) is 5.32 Å². The number of thioether (sulfide) groups is 2. The molecule has 124 valence electrons. The molecule has 7 heteroatoms. The third-order valence-corrected chi connectivity index (χ3v) is 5.43. The van der Waals surface area contributed by atoms with Crippen LogP contribution >= 0.6 is 23.5 Å². The average Bonchev–Trinajstić information content (AvgIpc) is 2.99. The van der Waals surface area contributed by atoms with Crippen molar-refractivity contribution in [3.05, 3.63) is 53.2 Å². The van der Waals surface area contributed by atoms with Gasteiger partial charge in [-0.15, -0.1) is 11.8 Å². The summed E-state index contributed by atoms with van der Waals surface area (Å²) in [5, 5.41) is 3.37. The summed E-state index contributed by atoms with van der Waals surface area (Å²) in [7, 11) is 0. The first-order chi connectivity index (χ1) is 11.1. The summed E-state index contributed by atoms with van der Waals surface area (Å²) in [6.45, 7) is 0.491. The van der Waals surface area contributed by atoms with Crippen LogP contribution in [-0.2, 0) is 12.3 Å². The Balaban J connectivity index is 1.60. The van der Waals surface area contributed by atoms with Crippen LogP contribution in [0.4, 0.5) is 13.2 Å². The molecule has 2 nitrogen and oxygen atoms in total. The molecule has 0 spiro atoms. The van der Waals surface area contributed by atoms with E-state index in [2.05, 4.69) is 5.32 Å². The highest BCUT2D eigenvalue weighted by atomic mass is 32.2. The predicted octanol–water partition coefficient (Wildman–Crippen LogP) is 5.20. The molecule has 1 aromatic carbocycles. The number of benzene rings is 1. The quantitative estimate of drug-likeness (QED) is 0.766. The van der Waals surface area contributed by atoms with Crippen molar-refractivity contribution in [3.63, 3.8) is 0 Å². The van der Waals surface area contributed by atoms with Crippen LogP contribution in [0.15, 0.2) is 39.6 Å². The molecule has 0 fully saturated rings. The lowest BCUT2D eigenvalue weighted by Gasteiger charge is -2.25. The highest BCUT2D eigenvalue weighted by molar-refractivity contribution is 7.99. The molecule has 1 aliphatic rings. The highest BCUT2D eigenvalue weighted by Gasteiger charge is 2.21. The van der Waals surface area contributed by atoms with E-state index in [1.54, 1.807) is 30.0 Å². The van der Waals surface area contributed by atoms with Gasteiger partial charge in [0.1, 0.15) is 17.3 Å². The summed E-state index contributed by atoms with van der Waals surface area (Å²) in [6.07, 6.45) is 0.913. The molecule has 1 unspecified atom stereocenters. The number of hydrogen-bond acceptors (Lipinski definition) is 4. The Hall–Kier alpha value is -1.05. The van der Waals surface area contributed by atoms with E-state index in [-0.39, 0.29) is 17.6 Å². The second kappa shape index (κ2) is 7.68. The summed E-state index contributed by atoms with van der Waals surface area (Å²) in [6, 6.07) is 8.45. The molecule has 0 bridgehead atoms. The molecule has 0 saturated carbocycles. The lowest BCUT2D eigenvalue weighted by molar-refractivity contribution is 0.251. The molecule has 3 rings (SSSR count). The minimum absolute atomic E-state index is 0.0749. The molecule has 2 aromatic rings. The molecular formula is C16H16F3NOS2. The zero-order valence-corrected chi connectivity index (χ0v) is 13.9. The summed E-state index contributed by atoms with van der Waals surface area (Å²) in [5.41, 5.74) is 0.973. The largest absolute Gasteiger partial charge is 0.464 e. The zero-order chi connectivity index (χ0) is 16.2. The predicted molar refractivity (Wildman–Crippen MR) is 87.3 cm³/mol. The van der Waals surface area contributed by atoms with E-state index in [1.807, 2.05) is 6.07 Å². The van der Waals surface area contributed by atoms with Gasteiger partial charge >= 0.3 is 0 Å². The second-order valence-corrected chi connectivity index (χ2v) is 7.31. The standard InChI is InChI=1S/C16H16F3NOS2/c17-10-1-4-15-13(7-10)14(5-6-22-15)20-8-11-2-3-12(21-11)9-23-16(18)19/h1-4,7,14,16,20H,5-6,8-9H2.